The Morgan fingerprint density at radius 3 is 1.88 bits per heavy atom. The Balaban J connectivity index is 2.87. The van der Waals surface area contributed by atoms with Crippen molar-refractivity contribution < 1.29 is 17.8 Å². The second kappa shape index (κ2) is 3.94. The Bertz CT molecular complexity index is 343. The van der Waals surface area contributed by atoms with Crippen LogP contribution in [-0.2, 0) is 14.3 Å². The average Bonchev–Trinajstić information content (AvgIpc) is 1.95. The van der Waals surface area contributed by atoms with Gasteiger partial charge in [-0.3, -0.25) is 4.18 Å². The van der Waals surface area contributed by atoms with Gasteiger partial charge in [0, 0.05) is 11.1 Å². The van der Waals surface area contributed by atoms with E-state index in [1.54, 1.807) is 0 Å². The fraction of sp³-hybridized carbons (Fsp3) is 1.00. The lowest BCUT2D eigenvalue weighted by atomic mass is 9.80. The Morgan fingerprint density at radius 2 is 1.56 bits per heavy atom. The van der Waals surface area contributed by atoms with Crippen molar-refractivity contribution in [3.05, 3.63) is 0 Å². The van der Waals surface area contributed by atoms with Gasteiger partial charge < -0.3 is 5.21 Å². The molecule has 16 heavy (non-hydrogen) atoms. The predicted octanol–water partition coefficient (Wildman–Crippen LogP) is 1.37. The molecule has 0 unspecified atom stereocenters. The van der Waals surface area contributed by atoms with E-state index in [0.29, 0.717) is 12.8 Å². The first-order valence-electron chi connectivity index (χ1n) is 5.31. The van der Waals surface area contributed by atoms with Crippen molar-refractivity contribution in [3.63, 3.8) is 0 Å². The van der Waals surface area contributed by atoms with Gasteiger partial charge in [0.2, 0.25) is 0 Å². The Kier molecular flexibility index (Phi) is 3.42. The summed E-state index contributed by atoms with van der Waals surface area (Å²) < 4.78 is 27.2. The van der Waals surface area contributed by atoms with Crippen LogP contribution in [0.2, 0.25) is 0 Å². The maximum absolute atomic E-state index is 11.1. The minimum atomic E-state index is -3.44. The van der Waals surface area contributed by atoms with Crippen molar-refractivity contribution in [1.29, 1.82) is 0 Å². The summed E-state index contributed by atoms with van der Waals surface area (Å²) in [6.07, 6.45) is 1.65. The van der Waals surface area contributed by atoms with E-state index in [1.165, 1.54) is 5.06 Å². The summed E-state index contributed by atoms with van der Waals surface area (Å²) in [7, 11) is -3.44. The zero-order valence-electron chi connectivity index (χ0n) is 10.5. The quantitative estimate of drug-likeness (QED) is 0.751. The molecule has 1 heterocycles. The molecule has 0 aromatic rings. The van der Waals surface area contributed by atoms with Crippen molar-refractivity contribution in [2.45, 2.75) is 57.7 Å². The van der Waals surface area contributed by atoms with Gasteiger partial charge in [0.15, 0.2) is 0 Å². The summed E-state index contributed by atoms with van der Waals surface area (Å²) in [6, 6.07) is 0. The van der Waals surface area contributed by atoms with E-state index >= 15 is 0 Å². The molecular formula is C10H21NO4S. The molecule has 0 amide bonds. The molecular weight excluding hydrogens is 230 g/mol. The molecule has 0 radical (unpaired) electrons. The zero-order chi connectivity index (χ0) is 12.8. The second-order valence-corrected chi connectivity index (χ2v) is 7.37. The number of hydrogen-bond acceptors (Lipinski definition) is 5. The van der Waals surface area contributed by atoms with Gasteiger partial charge in [-0.25, -0.2) is 0 Å². The Labute approximate surface area is 97.5 Å². The monoisotopic (exact) mass is 251 g/mol. The van der Waals surface area contributed by atoms with Gasteiger partial charge in [0.25, 0.3) is 10.1 Å². The van der Waals surface area contributed by atoms with Crippen LogP contribution in [0.15, 0.2) is 0 Å². The number of hydrogen-bond donors (Lipinski definition) is 1. The van der Waals surface area contributed by atoms with Crippen LogP contribution in [0, 0.1) is 0 Å². The summed E-state index contributed by atoms with van der Waals surface area (Å²) >= 11 is 0. The zero-order valence-corrected chi connectivity index (χ0v) is 11.3. The molecule has 0 aliphatic carbocycles. The van der Waals surface area contributed by atoms with Crippen LogP contribution in [-0.4, -0.2) is 42.1 Å². The van der Waals surface area contributed by atoms with Crippen molar-refractivity contribution >= 4 is 10.1 Å². The van der Waals surface area contributed by atoms with Gasteiger partial charge in [0.1, 0.15) is 0 Å². The minimum Gasteiger partial charge on any atom is -0.313 e. The first kappa shape index (κ1) is 13.9. The molecule has 0 saturated carbocycles. The Morgan fingerprint density at radius 1 is 1.19 bits per heavy atom. The molecule has 1 N–H and O–H groups in total. The summed E-state index contributed by atoms with van der Waals surface area (Å²) in [5.74, 6) is 0. The molecule has 0 bridgehead atoms. The summed E-state index contributed by atoms with van der Waals surface area (Å²) in [5, 5.41) is 11.3. The maximum atomic E-state index is 11.1. The topological polar surface area (TPSA) is 66.8 Å². The lowest BCUT2D eigenvalue weighted by molar-refractivity contribution is -0.254. The van der Waals surface area contributed by atoms with Crippen LogP contribution >= 0.6 is 0 Å². The Hall–Kier alpha value is -0.170. The smallest absolute Gasteiger partial charge is 0.264 e. The van der Waals surface area contributed by atoms with Gasteiger partial charge >= 0.3 is 0 Å². The lowest BCUT2D eigenvalue weighted by Gasteiger charge is -2.50. The van der Waals surface area contributed by atoms with Crippen molar-refractivity contribution in [2.75, 3.05) is 6.26 Å². The fourth-order valence-corrected chi connectivity index (χ4v) is 3.12. The van der Waals surface area contributed by atoms with Crippen LogP contribution in [0.1, 0.15) is 40.5 Å². The largest absolute Gasteiger partial charge is 0.313 e. The number of nitrogens with zero attached hydrogens (tertiary/aromatic N) is 1. The van der Waals surface area contributed by atoms with Crippen molar-refractivity contribution in [2.24, 2.45) is 0 Å². The standard InChI is InChI=1S/C10H21NO4S/c1-9(2)6-8(15-16(5,13)14)7-10(3,4)11(9)12/h8,12H,6-7H2,1-5H3. The van der Waals surface area contributed by atoms with E-state index in [-0.39, 0.29) is 6.10 Å². The number of piperidine rings is 1. The van der Waals surface area contributed by atoms with Crippen molar-refractivity contribution in [1.82, 2.24) is 5.06 Å². The van der Waals surface area contributed by atoms with Crippen LogP contribution in [0.5, 0.6) is 0 Å². The van der Waals surface area contributed by atoms with E-state index in [1.807, 2.05) is 27.7 Å². The van der Waals surface area contributed by atoms with E-state index < -0.39 is 21.2 Å². The van der Waals surface area contributed by atoms with Crippen LogP contribution in [0.4, 0.5) is 0 Å². The first-order valence-corrected chi connectivity index (χ1v) is 7.13. The highest BCUT2D eigenvalue weighted by Crippen LogP contribution is 2.38. The molecule has 1 fully saturated rings. The molecule has 5 nitrogen and oxygen atoms in total. The molecule has 1 rings (SSSR count). The van der Waals surface area contributed by atoms with Gasteiger partial charge in [0.05, 0.1) is 12.4 Å². The molecule has 0 atom stereocenters. The third-order valence-electron chi connectivity index (χ3n) is 2.91. The average molecular weight is 251 g/mol. The van der Waals surface area contributed by atoms with Gasteiger partial charge in [-0.15, -0.1) is 0 Å². The van der Waals surface area contributed by atoms with E-state index in [4.69, 9.17) is 4.18 Å². The van der Waals surface area contributed by atoms with E-state index in [2.05, 4.69) is 0 Å². The molecule has 96 valence electrons. The van der Waals surface area contributed by atoms with Gasteiger partial charge in [-0.1, -0.05) is 0 Å². The lowest BCUT2D eigenvalue weighted by Crippen LogP contribution is -2.60. The SMILES string of the molecule is CC1(C)CC(OS(C)(=O)=O)CC(C)(C)N1O. The first-order chi connectivity index (χ1) is 6.94. The molecule has 6 heteroatoms. The molecule has 1 aliphatic heterocycles. The number of hydroxylamine groups is 2. The molecule has 0 aromatic carbocycles. The maximum Gasteiger partial charge on any atom is 0.264 e. The highest BCUT2D eigenvalue weighted by Gasteiger charge is 2.46. The van der Waals surface area contributed by atoms with E-state index in [0.717, 1.165) is 6.26 Å². The highest BCUT2D eigenvalue weighted by atomic mass is 32.2. The molecule has 0 aromatic heterocycles. The third-order valence-corrected chi connectivity index (χ3v) is 3.53. The predicted molar refractivity (Wildman–Crippen MR) is 60.7 cm³/mol. The minimum absolute atomic E-state index is 0.372. The van der Waals surface area contributed by atoms with Crippen molar-refractivity contribution in [3.8, 4) is 0 Å². The highest BCUT2D eigenvalue weighted by molar-refractivity contribution is 7.86. The van der Waals surface area contributed by atoms with Gasteiger partial charge in [-0.05, 0) is 40.5 Å². The molecule has 1 aliphatic rings. The number of rotatable bonds is 2. The van der Waals surface area contributed by atoms with Crippen LogP contribution in [0.3, 0.4) is 0 Å². The normalized spacial score (nSPS) is 26.9. The summed E-state index contributed by atoms with van der Waals surface area (Å²) in [4.78, 5) is 0. The summed E-state index contributed by atoms with van der Waals surface area (Å²) in [6.45, 7) is 7.47. The summed E-state index contributed by atoms with van der Waals surface area (Å²) in [5.41, 5.74) is -0.978. The van der Waals surface area contributed by atoms with E-state index in [9.17, 15) is 13.6 Å². The fourth-order valence-electron chi connectivity index (χ4n) is 2.49. The van der Waals surface area contributed by atoms with Crippen LogP contribution in [0.25, 0.3) is 0 Å². The second-order valence-electron chi connectivity index (χ2n) is 5.77. The van der Waals surface area contributed by atoms with Crippen LogP contribution < -0.4 is 0 Å². The molecule has 0 spiro atoms. The third kappa shape index (κ3) is 3.16. The molecule has 1 saturated heterocycles. The van der Waals surface area contributed by atoms with Gasteiger partial charge in [-0.2, -0.15) is 13.5 Å².